The van der Waals surface area contributed by atoms with Crippen molar-refractivity contribution in [1.29, 1.82) is 0 Å². The number of benzene rings is 2. The minimum atomic E-state index is -0.155. The van der Waals surface area contributed by atoms with E-state index in [1.807, 2.05) is 55.6 Å². The summed E-state index contributed by atoms with van der Waals surface area (Å²) in [6, 6.07) is 15.5. The Morgan fingerprint density at radius 1 is 1.00 bits per heavy atom. The second-order valence-corrected chi connectivity index (χ2v) is 7.99. The fraction of sp³-hybridized carbons (Fsp3) is 0.304. The number of aromatic amines is 1. The summed E-state index contributed by atoms with van der Waals surface area (Å²) in [5, 5.41) is 17.1. The van der Waals surface area contributed by atoms with Crippen molar-refractivity contribution < 1.29 is 4.79 Å². The average Bonchev–Trinajstić information content (AvgIpc) is 3.12. The lowest BCUT2D eigenvalue weighted by atomic mass is 9.82. The van der Waals surface area contributed by atoms with Gasteiger partial charge in [0.1, 0.15) is 0 Å². The molecule has 1 fully saturated rings. The topological polar surface area (TPSA) is 92.7 Å². The zero-order chi connectivity index (χ0) is 20.7. The number of aromatic nitrogens is 4. The number of carbonyl (C=O) groups excluding carboxylic acids is 1. The Morgan fingerprint density at radius 2 is 1.67 bits per heavy atom. The minimum absolute atomic E-state index is 0.114. The van der Waals surface area contributed by atoms with Gasteiger partial charge in [0, 0.05) is 29.8 Å². The Morgan fingerprint density at radius 3 is 2.43 bits per heavy atom. The Hall–Kier alpha value is -3.48. The fourth-order valence-electron chi connectivity index (χ4n) is 4.59. The van der Waals surface area contributed by atoms with Gasteiger partial charge in [-0.2, -0.15) is 10.2 Å². The van der Waals surface area contributed by atoms with E-state index in [1.54, 1.807) is 4.68 Å². The molecule has 5 rings (SSSR count). The second kappa shape index (κ2) is 7.40. The average molecular weight is 401 g/mol. The van der Waals surface area contributed by atoms with Gasteiger partial charge in [-0.3, -0.25) is 14.3 Å². The summed E-state index contributed by atoms with van der Waals surface area (Å²) in [4.78, 5) is 24.9. The summed E-state index contributed by atoms with van der Waals surface area (Å²) >= 11 is 0. The molecule has 0 unspecified atom stereocenters. The molecule has 1 amide bonds. The molecule has 7 heteroatoms. The van der Waals surface area contributed by atoms with Crippen LogP contribution in [0.5, 0.6) is 0 Å². The zero-order valence-electron chi connectivity index (χ0n) is 16.8. The van der Waals surface area contributed by atoms with E-state index in [-0.39, 0.29) is 23.4 Å². The number of carbonyl (C=O) groups is 1. The van der Waals surface area contributed by atoms with Crippen molar-refractivity contribution in [3.8, 4) is 0 Å². The SMILES string of the molecule is Cn1nc(C(=O)N[C@H]2CC[C@H](c3n[nH]c(=O)c4ccccc43)CC2)c2ccccc21. The zero-order valence-corrected chi connectivity index (χ0v) is 16.8. The van der Waals surface area contributed by atoms with E-state index in [0.29, 0.717) is 11.1 Å². The van der Waals surface area contributed by atoms with E-state index in [9.17, 15) is 9.59 Å². The van der Waals surface area contributed by atoms with E-state index in [4.69, 9.17) is 0 Å². The molecular weight excluding hydrogens is 378 g/mol. The van der Waals surface area contributed by atoms with Crippen molar-refractivity contribution in [2.45, 2.75) is 37.6 Å². The Bertz CT molecular complexity index is 1300. The predicted molar refractivity (Wildman–Crippen MR) is 116 cm³/mol. The summed E-state index contributed by atoms with van der Waals surface area (Å²) in [6.45, 7) is 0. The number of aryl methyl sites for hydroxylation is 1. The summed E-state index contributed by atoms with van der Waals surface area (Å²) in [5.74, 6) is 0.151. The van der Waals surface area contributed by atoms with Crippen molar-refractivity contribution >= 4 is 27.6 Å². The molecule has 30 heavy (non-hydrogen) atoms. The molecule has 2 aromatic heterocycles. The van der Waals surface area contributed by atoms with Crippen LogP contribution in [0.4, 0.5) is 0 Å². The highest BCUT2D eigenvalue weighted by atomic mass is 16.2. The molecule has 0 bridgehead atoms. The standard InChI is InChI=1S/C23H23N5O2/c1-28-19-9-5-4-8-18(19)21(27-28)23(30)24-15-12-10-14(11-13-15)20-16-6-2-3-7-17(16)22(29)26-25-20/h2-9,14-15H,10-13H2,1H3,(H,24,30)(H,26,29)/t14-,15-. The Kier molecular flexibility index (Phi) is 4.58. The van der Waals surface area contributed by atoms with Crippen LogP contribution in [0.3, 0.4) is 0 Å². The first kappa shape index (κ1) is 18.5. The van der Waals surface area contributed by atoms with Gasteiger partial charge in [-0.15, -0.1) is 0 Å². The van der Waals surface area contributed by atoms with Gasteiger partial charge < -0.3 is 5.32 Å². The van der Waals surface area contributed by atoms with Crippen LogP contribution in [-0.2, 0) is 7.05 Å². The molecule has 0 aliphatic heterocycles. The smallest absolute Gasteiger partial charge is 0.272 e. The molecule has 152 valence electrons. The molecule has 2 N–H and O–H groups in total. The summed E-state index contributed by atoms with van der Waals surface area (Å²) in [6.07, 6.45) is 3.57. The van der Waals surface area contributed by atoms with Crippen LogP contribution < -0.4 is 10.9 Å². The lowest BCUT2D eigenvalue weighted by Crippen LogP contribution is -2.37. The number of hydrogen-bond donors (Lipinski definition) is 2. The molecule has 2 heterocycles. The predicted octanol–water partition coefficient (Wildman–Crippen LogP) is 3.27. The number of fused-ring (bicyclic) bond motifs is 2. The van der Waals surface area contributed by atoms with Crippen LogP contribution in [0, 0.1) is 0 Å². The number of para-hydroxylation sites is 1. The second-order valence-electron chi connectivity index (χ2n) is 7.99. The van der Waals surface area contributed by atoms with E-state index in [0.717, 1.165) is 47.7 Å². The first-order valence-electron chi connectivity index (χ1n) is 10.3. The van der Waals surface area contributed by atoms with Crippen molar-refractivity contribution in [2.24, 2.45) is 7.05 Å². The van der Waals surface area contributed by atoms with E-state index >= 15 is 0 Å². The highest BCUT2D eigenvalue weighted by Gasteiger charge is 2.27. The molecule has 4 aromatic rings. The first-order valence-corrected chi connectivity index (χ1v) is 10.3. The molecule has 0 atom stereocenters. The summed E-state index contributed by atoms with van der Waals surface area (Å²) < 4.78 is 1.74. The number of rotatable bonds is 3. The number of hydrogen-bond acceptors (Lipinski definition) is 4. The maximum absolute atomic E-state index is 12.9. The quantitative estimate of drug-likeness (QED) is 0.551. The third-order valence-corrected chi connectivity index (χ3v) is 6.15. The monoisotopic (exact) mass is 401 g/mol. The minimum Gasteiger partial charge on any atom is -0.348 e. The number of nitrogens with zero attached hydrogens (tertiary/aromatic N) is 3. The highest BCUT2D eigenvalue weighted by molar-refractivity contribution is 6.04. The van der Waals surface area contributed by atoms with Gasteiger partial charge in [0.15, 0.2) is 5.69 Å². The molecule has 0 radical (unpaired) electrons. The molecule has 1 saturated carbocycles. The van der Waals surface area contributed by atoms with Crippen LogP contribution in [0.2, 0.25) is 0 Å². The Balaban J connectivity index is 1.30. The van der Waals surface area contributed by atoms with E-state index in [2.05, 4.69) is 20.6 Å². The highest BCUT2D eigenvalue weighted by Crippen LogP contribution is 2.34. The number of H-pyrrole nitrogens is 1. The summed E-state index contributed by atoms with van der Waals surface area (Å²) in [7, 11) is 1.85. The van der Waals surface area contributed by atoms with Crippen molar-refractivity contribution in [3.63, 3.8) is 0 Å². The molecular formula is C23H23N5O2. The lowest BCUT2D eigenvalue weighted by Gasteiger charge is -2.29. The van der Waals surface area contributed by atoms with Gasteiger partial charge in [0.05, 0.1) is 16.6 Å². The molecule has 0 spiro atoms. The van der Waals surface area contributed by atoms with E-state index in [1.165, 1.54) is 0 Å². The van der Waals surface area contributed by atoms with Crippen molar-refractivity contribution in [1.82, 2.24) is 25.3 Å². The molecule has 1 aliphatic carbocycles. The van der Waals surface area contributed by atoms with Crippen molar-refractivity contribution in [3.05, 3.63) is 70.3 Å². The first-order chi connectivity index (χ1) is 14.6. The molecule has 7 nitrogen and oxygen atoms in total. The van der Waals surface area contributed by atoms with Gasteiger partial charge in [0.2, 0.25) is 0 Å². The number of nitrogens with one attached hydrogen (secondary N) is 2. The molecule has 1 aliphatic rings. The van der Waals surface area contributed by atoms with Crippen LogP contribution in [0.1, 0.15) is 47.8 Å². The van der Waals surface area contributed by atoms with Gasteiger partial charge in [-0.05, 0) is 37.8 Å². The normalized spacial score (nSPS) is 19.2. The van der Waals surface area contributed by atoms with Gasteiger partial charge in [0.25, 0.3) is 11.5 Å². The third kappa shape index (κ3) is 3.16. The van der Waals surface area contributed by atoms with Gasteiger partial charge in [-0.1, -0.05) is 36.4 Å². The van der Waals surface area contributed by atoms with Crippen LogP contribution in [-0.4, -0.2) is 31.9 Å². The maximum Gasteiger partial charge on any atom is 0.272 e. The Labute approximate surface area is 173 Å². The van der Waals surface area contributed by atoms with Gasteiger partial charge >= 0.3 is 0 Å². The van der Waals surface area contributed by atoms with Crippen LogP contribution in [0.15, 0.2) is 53.3 Å². The molecule has 0 saturated heterocycles. The maximum atomic E-state index is 12.9. The van der Waals surface area contributed by atoms with Crippen molar-refractivity contribution in [2.75, 3.05) is 0 Å². The van der Waals surface area contributed by atoms with Crippen LogP contribution >= 0.6 is 0 Å². The third-order valence-electron chi connectivity index (χ3n) is 6.15. The summed E-state index contributed by atoms with van der Waals surface area (Å²) in [5.41, 5.74) is 2.22. The van der Waals surface area contributed by atoms with E-state index < -0.39 is 0 Å². The fourth-order valence-corrected chi connectivity index (χ4v) is 4.59. The lowest BCUT2D eigenvalue weighted by molar-refractivity contribution is 0.0921. The number of amides is 1. The largest absolute Gasteiger partial charge is 0.348 e. The van der Waals surface area contributed by atoms with Gasteiger partial charge in [-0.25, -0.2) is 5.10 Å². The van der Waals surface area contributed by atoms with Crippen LogP contribution in [0.25, 0.3) is 21.7 Å². The molecule has 2 aromatic carbocycles.